The summed E-state index contributed by atoms with van der Waals surface area (Å²) in [6, 6.07) is 14.1. The van der Waals surface area contributed by atoms with Gasteiger partial charge >= 0.3 is 6.03 Å². The molecule has 3 rings (SSSR count). The number of anilines is 2. The Morgan fingerprint density at radius 1 is 0.969 bits per heavy atom. The van der Waals surface area contributed by atoms with Crippen LogP contribution in [-0.4, -0.2) is 29.1 Å². The first-order chi connectivity index (χ1) is 15.1. The maximum Gasteiger partial charge on any atom is 0.319 e. The molecule has 0 radical (unpaired) electrons. The molecule has 0 aliphatic rings. The van der Waals surface area contributed by atoms with Crippen LogP contribution in [0.25, 0.3) is 11.1 Å². The van der Waals surface area contributed by atoms with E-state index >= 15 is 0 Å². The number of carbonyl (C=O) groups is 2. The van der Waals surface area contributed by atoms with Gasteiger partial charge in [0.05, 0.1) is 17.5 Å². The summed E-state index contributed by atoms with van der Waals surface area (Å²) in [6.45, 7) is 7.23. The molecule has 0 fully saturated rings. The van der Waals surface area contributed by atoms with E-state index in [2.05, 4.69) is 20.9 Å². The predicted octanol–water partition coefficient (Wildman–Crippen LogP) is 4.60. The first-order valence-electron chi connectivity index (χ1n) is 10.3. The summed E-state index contributed by atoms with van der Waals surface area (Å²) in [5, 5.41) is 18.3. The second kappa shape index (κ2) is 9.20. The van der Waals surface area contributed by atoms with Crippen molar-refractivity contribution in [3.63, 3.8) is 0 Å². The highest BCUT2D eigenvalue weighted by atomic mass is 16.3. The van der Waals surface area contributed by atoms with Crippen LogP contribution >= 0.6 is 0 Å². The van der Waals surface area contributed by atoms with Crippen LogP contribution in [-0.2, 0) is 5.60 Å². The van der Waals surface area contributed by atoms with E-state index in [4.69, 9.17) is 0 Å². The van der Waals surface area contributed by atoms with E-state index in [1.165, 1.54) is 0 Å². The van der Waals surface area contributed by atoms with Crippen molar-refractivity contribution < 1.29 is 14.7 Å². The zero-order valence-corrected chi connectivity index (χ0v) is 18.9. The number of amides is 3. The second-order valence-corrected chi connectivity index (χ2v) is 8.13. The number of nitrogens with zero attached hydrogens (tertiary/aromatic N) is 1. The van der Waals surface area contributed by atoms with Gasteiger partial charge in [-0.15, -0.1) is 0 Å². The Labute approximate surface area is 187 Å². The van der Waals surface area contributed by atoms with Crippen LogP contribution in [0.4, 0.5) is 16.2 Å². The summed E-state index contributed by atoms with van der Waals surface area (Å²) in [5.74, 6) is -0.238. The van der Waals surface area contributed by atoms with Crippen molar-refractivity contribution in [1.82, 2.24) is 10.3 Å². The Hall–Kier alpha value is -3.71. The Morgan fingerprint density at radius 3 is 2.28 bits per heavy atom. The number of rotatable bonds is 5. The molecule has 2 aromatic carbocycles. The highest BCUT2D eigenvalue weighted by Crippen LogP contribution is 2.32. The van der Waals surface area contributed by atoms with E-state index in [0.717, 1.165) is 27.9 Å². The lowest BCUT2D eigenvalue weighted by Crippen LogP contribution is -2.24. The monoisotopic (exact) mass is 432 g/mol. The van der Waals surface area contributed by atoms with Gasteiger partial charge in [0.15, 0.2) is 0 Å². The van der Waals surface area contributed by atoms with Gasteiger partial charge in [0.1, 0.15) is 0 Å². The molecule has 0 saturated heterocycles. The third-order valence-corrected chi connectivity index (χ3v) is 5.30. The van der Waals surface area contributed by atoms with Crippen molar-refractivity contribution in [2.45, 2.75) is 33.3 Å². The van der Waals surface area contributed by atoms with Crippen LogP contribution in [0.1, 0.15) is 41.0 Å². The van der Waals surface area contributed by atoms with Crippen LogP contribution in [0.2, 0.25) is 0 Å². The number of urea groups is 1. The topological polar surface area (TPSA) is 103 Å². The van der Waals surface area contributed by atoms with Crippen molar-refractivity contribution in [2.75, 3.05) is 17.7 Å². The van der Waals surface area contributed by atoms with Crippen LogP contribution in [0.3, 0.4) is 0 Å². The van der Waals surface area contributed by atoms with E-state index < -0.39 is 5.60 Å². The Morgan fingerprint density at radius 2 is 1.66 bits per heavy atom. The van der Waals surface area contributed by atoms with Crippen molar-refractivity contribution in [1.29, 1.82) is 0 Å². The molecular formula is C25H28N4O3. The molecule has 0 atom stereocenters. The quantitative estimate of drug-likeness (QED) is 0.473. The van der Waals surface area contributed by atoms with Gasteiger partial charge in [-0.05, 0) is 68.7 Å². The molecular weight excluding hydrogens is 404 g/mol. The van der Waals surface area contributed by atoms with E-state index in [-0.39, 0.29) is 11.9 Å². The lowest BCUT2D eigenvalue weighted by molar-refractivity contribution is 0.0785. The van der Waals surface area contributed by atoms with Crippen molar-refractivity contribution in [3.8, 4) is 11.1 Å². The summed E-state index contributed by atoms with van der Waals surface area (Å²) in [5.41, 5.74) is 4.99. The van der Waals surface area contributed by atoms with E-state index in [1.807, 2.05) is 38.1 Å². The molecule has 3 aromatic rings. The molecule has 4 N–H and O–H groups in total. The first-order valence-corrected chi connectivity index (χ1v) is 10.3. The lowest BCUT2D eigenvalue weighted by atomic mass is 9.96. The van der Waals surface area contributed by atoms with Crippen LogP contribution in [0.15, 0.2) is 54.7 Å². The molecule has 1 aromatic heterocycles. The van der Waals surface area contributed by atoms with Crippen molar-refractivity contribution >= 4 is 23.3 Å². The lowest BCUT2D eigenvalue weighted by Gasteiger charge is -2.18. The molecule has 0 aliphatic heterocycles. The minimum Gasteiger partial charge on any atom is -0.386 e. The molecule has 0 saturated carbocycles. The van der Waals surface area contributed by atoms with Crippen LogP contribution in [0.5, 0.6) is 0 Å². The fourth-order valence-electron chi connectivity index (χ4n) is 3.35. The normalized spacial score (nSPS) is 11.1. The molecule has 7 nitrogen and oxygen atoms in total. The molecule has 0 aliphatic carbocycles. The molecule has 32 heavy (non-hydrogen) atoms. The second-order valence-electron chi connectivity index (χ2n) is 8.13. The largest absolute Gasteiger partial charge is 0.386 e. The molecule has 0 unspecified atom stereocenters. The highest BCUT2D eigenvalue weighted by Gasteiger charge is 2.17. The molecule has 0 spiro atoms. The molecule has 7 heteroatoms. The molecule has 3 amide bonds. The minimum atomic E-state index is -0.965. The Kier molecular flexibility index (Phi) is 6.60. The van der Waals surface area contributed by atoms with Gasteiger partial charge in [-0.2, -0.15) is 0 Å². The van der Waals surface area contributed by atoms with Crippen LogP contribution in [0, 0.1) is 13.8 Å². The maximum atomic E-state index is 12.8. The van der Waals surface area contributed by atoms with E-state index in [0.29, 0.717) is 16.9 Å². The third-order valence-electron chi connectivity index (χ3n) is 5.30. The van der Waals surface area contributed by atoms with E-state index in [1.54, 1.807) is 51.4 Å². The van der Waals surface area contributed by atoms with Gasteiger partial charge in [0.2, 0.25) is 0 Å². The van der Waals surface area contributed by atoms with Crippen LogP contribution < -0.4 is 16.0 Å². The summed E-state index contributed by atoms with van der Waals surface area (Å²) < 4.78 is 0. The van der Waals surface area contributed by atoms with Gasteiger partial charge in [0, 0.05) is 29.6 Å². The zero-order valence-electron chi connectivity index (χ0n) is 18.9. The SMILES string of the molecule is CNC(=O)Nc1cnc(C)c(-c2cccc(NC(=O)c3ccc(C(C)(C)O)cc3)c2C)c1. The summed E-state index contributed by atoms with van der Waals surface area (Å²) in [6.07, 6.45) is 1.60. The number of carbonyl (C=O) groups excluding carboxylic acids is 2. The Balaban J connectivity index is 1.88. The number of hydrogen-bond acceptors (Lipinski definition) is 4. The number of aliphatic hydroxyl groups is 1. The summed E-state index contributed by atoms with van der Waals surface area (Å²) in [7, 11) is 1.55. The van der Waals surface area contributed by atoms with Gasteiger partial charge in [0.25, 0.3) is 5.91 Å². The molecule has 0 bridgehead atoms. The number of aryl methyl sites for hydroxylation is 1. The minimum absolute atomic E-state index is 0.238. The van der Waals surface area contributed by atoms with E-state index in [9.17, 15) is 14.7 Å². The molecule has 1 heterocycles. The van der Waals surface area contributed by atoms with Crippen molar-refractivity contribution in [2.24, 2.45) is 0 Å². The number of hydrogen-bond donors (Lipinski definition) is 4. The van der Waals surface area contributed by atoms with Gasteiger partial charge < -0.3 is 21.1 Å². The van der Waals surface area contributed by atoms with Gasteiger partial charge in [-0.25, -0.2) is 4.79 Å². The summed E-state index contributed by atoms with van der Waals surface area (Å²) >= 11 is 0. The van der Waals surface area contributed by atoms with Gasteiger partial charge in [-0.1, -0.05) is 24.3 Å². The summed E-state index contributed by atoms with van der Waals surface area (Å²) in [4.78, 5) is 28.9. The standard InChI is InChI=1S/C25H28N4O3/c1-15-20(21-13-19(14-27-16(21)2)28-24(31)26-5)7-6-8-22(15)29-23(30)17-9-11-18(12-10-17)25(3,4)32/h6-14,32H,1-5H3,(H,29,30)(H2,26,28,31). The molecule has 166 valence electrons. The third kappa shape index (κ3) is 5.12. The van der Waals surface area contributed by atoms with Crippen molar-refractivity contribution in [3.05, 3.63) is 77.1 Å². The van der Waals surface area contributed by atoms with Gasteiger partial charge in [-0.3, -0.25) is 9.78 Å². The zero-order chi connectivity index (χ0) is 23.5. The number of pyridine rings is 1. The average Bonchev–Trinajstić information content (AvgIpc) is 2.76. The number of benzene rings is 2. The predicted molar refractivity (Wildman–Crippen MR) is 127 cm³/mol. The number of aromatic nitrogens is 1. The average molecular weight is 433 g/mol. The maximum absolute atomic E-state index is 12.8. The first kappa shape index (κ1) is 23.0. The highest BCUT2D eigenvalue weighted by molar-refractivity contribution is 6.05. The fraction of sp³-hybridized carbons (Fsp3) is 0.240. The fourth-order valence-corrected chi connectivity index (χ4v) is 3.35. The smallest absolute Gasteiger partial charge is 0.319 e. The Bertz CT molecular complexity index is 1150. The number of nitrogens with one attached hydrogen (secondary N) is 3.